The van der Waals surface area contributed by atoms with Gasteiger partial charge < -0.3 is 49.5 Å². The number of carbonyl (C=O) groups is 5. The predicted octanol–water partition coefficient (Wildman–Crippen LogP) is -6.74. The first-order valence-electron chi connectivity index (χ1n) is 11.7. The average Bonchev–Trinajstić information content (AvgIpc) is 2.75. The van der Waals surface area contributed by atoms with Gasteiger partial charge in [0.2, 0.25) is 0 Å². The van der Waals surface area contributed by atoms with Crippen LogP contribution in [0.4, 0.5) is 0 Å². The Morgan fingerprint density at radius 2 is 0.722 bits per heavy atom. The Balaban J connectivity index is 0.00000648. The Morgan fingerprint density at radius 1 is 0.472 bits per heavy atom. The summed E-state index contributed by atoms with van der Waals surface area (Å²) >= 11 is 0. The summed E-state index contributed by atoms with van der Waals surface area (Å²) in [6.07, 6.45) is 4.32. The molecule has 14 heteroatoms. The zero-order valence-corrected chi connectivity index (χ0v) is 22.0. The van der Waals surface area contributed by atoms with E-state index in [0.717, 1.165) is 0 Å². The largest absolute Gasteiger partial charge is 3.00 e. The average molecular weight is 654 g/mol. The molecule has 1 radical (unpaired) electrons. The van der Waals surface area contributed by atoms with Crippen LogP contribution in [0.15, 0.2) is 0 Å². The van der Waals surface area contributed by atoms with Crippen LogP contribution >= 0.6 is 0 Å². The van der Waals surface area contributed by atoms with Crippen molar-refractivity contribution in [2.45, 2.75) is 75.5 Å². The zero-order chi connectivity index (χ0) is 26.1. The summed E-state index contributed by atoms with van der Waals surface area (Å²) in [7, 11) is 0. The molecule has 2 saturated carbocycles. The first kappa shape index (κ1) is 32.6. The second-order valence-corrected chi connectivity index (χ2v) is 9.18. The van der Waals surface area contributed by atoms with E-state index in [4.69, 9.17) is 0 Å². The summed E-state index contributed by atoms with van der Waals surface area (Å²) in [5.41, 5.74) is 0. The van der Waals surface area contributed by atoms with Crippen LogP contribution < -0.4 is 25.5 Å². The normalized spacial score (nSPS) is 24.3. The molecule has 203 valence electrons. The Labute approximate surface area is 241 Å². The SMILES string of the molecule is O=C([O-])CN(CC(=O)[O-])[C@@H]1CCCC[C@H]1N(CC(=O)[O-])[C@@H]1CCCC[C@H]1N(CC(=O)[O-])CC(=O)[O-].[Gd+3]. The number of carboxylic acids is 5. The van der Waals surface area contributed by atoms with Gasteiger partial charge in [-0.2, -0.15) is 0 Å². The van der Waals surface area contributed by atoms with E-state index in [1.807, 2.05) is 0 Å². The molecule has 0 amide bonds. The van der Waals surface area contributed by atoms with Gasteiger partial charge in [-0.3, -0.25) is 14.7 Å². The van der Waals surface area contributed by atoms with Crippen LogP contribution in [0.1, 0.15) is 51.4 Å². The van der Waals surface area contributed by atoms with Crippen molar-refractivity contribution in [2.24, 2.45) is 0 Å². The molecule has 0 saturated heterocycles. The van der Waals surface area contributed by atoms with E-state index in [1.54, 1.807) is 4.90 Å². The summed E-state index contributed by atoms with van der Waals surface area (Å²) < 4.78 is 0. The van der Waals surface area contributed by atoms with Crippen LogP contribution in [0.3, 0.4) is 0 Å². The van der Waals surface area contributed by atoms with Gasteiger partial charge in [0, 0.05) is 56.9 Å². The zero-order valence-electron chi connectivity index (χ0n) is 19.8. The number of aliphatic carboxylic acids is 5. The molecule has 2 aliphatic rings. The van der Waals surface area contributed by atoms with Crippen LogP contribution in [-0.2, 0) is 24.0 Å². The van der Waals surface area contributed by atoms with Crippen LogP contribution in [-0.4, -0.2) is 101 Å². The van der Waals surface area contributed by atoms with Gasteiger partial charge in [-0.25, -0.2) is 0 Å². The van der Waals surface area contributed by atoms with Gasteiger partial charge in [0.1, 0.15) is 0 Å². The van der Waals surface area contributed by atoms with E-state index in [9.17, 15) is 49.5 Å². The molecular weight excluding hydrogens is 624 g/mol. The van der Waals surface area contributed by atoms with Crippen LogP contribution in [0.25, 0.3) is 0 Å². The van der Waals surface area contributed by atoms with Crippen molar-refractivity contribution >= 4 is 29.8 Å². The molecule has 4 atom stereocenters. The van der Waals surface area contributed by atoms with Crippen LogP contribution in [0, 0.1) is 39.9 Å². The van der Waals surface area contributed by atoms with Crippen molar-refractivity contribution in [2.75, 3.05) is 32.7 Å². The topological polar surface area (TPSA) is 210 Å². The monoisotopic (exact) mass is 654 g/mol. The Hall–Kier alpha value is -1.45. The summed E-state index contributed by atoms with van der Waals surface area (Å²) in [4.78, 5) is 61.0. The Morgan fingerprint density at radius 3 is 0.972 bits per heavy atom. The second kappa shape index (κ2) is 15.7. The Bertz CT molecular complexity index is 710. The van der Waals surface area contributed by atoms with E-state index < -0.39 is 86.7 Å². The number of nitrogens with zero attached hydrogens (tertiary/aromatic N) is 3. The molecule has 2 aliphatic carbocycles. The van der Waals surface area contributed by atoms with Crippen molar-refractivity contribution < 1.29 is 89.4 Å². The summed E-state index contributed by atoms with van der Waals surface area (Å²) in [6.45, 7) is -3.33. The Kier molecular flexibility index (Phi) is 14.2. The molecule has 0 N–H and O–H groups in total. The van der Waals surface area contributed by atoms with Crippen molar-refractivity contribution in [1.82, 2.24) is 14.7 Å². The molecule has 36 heavy (non-hydrogen) atoms. The number of carboxylic acid groups (broad SMARTS) is 5. The smallest absolute Gasteiger partial charge is 0.549 e. The fraction of sp³-hybridized carbons (Fsp3) is 0.773. The van der Waals surface area contributed by atoms with Gasteiger partial charge in [0.15, 0.2) is 0 Å². The summed E-state index contributed by atoms with van der Waals surface area (Å²) in [5, 5.41) is 57.1. The van der Waals surface area contributed by atoms with Gasteiger partial charge in [-0.05, 0) is 25.7 Å². The third kappa shape index (κ3) is 10.1. The standard InChI is InChI=1S/C22H35N3O10.Gd/c26-18(27)9-23(10-19(28)29)14-5-1-3-7-16(14)25(13-22(34)35)17-8-4-2-6-15(17)24(11-20(30)31)12-21(32)33;/h14-17H,1-13H2,(H,26,27)(H,28,29)(H,30,31)(H,32,33)(H,34,35);/q;+3/p-5/t14-,15-,16-,17-;/m1./s1. The predicted molar refractivity (Wildman–Crippen MR) is 107 cm³/mol. The molecular formula is C22H30GdN3O10-2. The van der Waals surface area contributed by atoms with Crippen molar-refractivity contribution in [3.05, 3.63) is 0 Å². The first-order valence-corrected chi connectivity index (χ1v) is 11.7. The van der Waals surface area contributed by atoms with Crippen LogP contribution in [0.2, 0.25) is 0 Å². The van der Waals surface area contributed by atoms with Crippen molar-refractivity contribution in [1.29, 1.82) is 0 Å². The molecule has 0 unspecified atom stereocenters. The van der Waals surface area contributed by atoms with Gasteiger partial charge in [-0.1, -0.05) is 25.7 Å². The maximum Gasteiger partial charge on any atom is 3.00 e. The van der Waals surface area contributed by atoms with Crippen LogP contribution in [0.5, 0.6) is 0 Å². The quantitative estimate of drug-likeness (QED) is 0.171. The molecule has 0 heterocycles. The number of hydrogen-bond donors (Lipinski definition) is 0. The maximum atomic E-state index is 11.8. The minimum Gasteiger partial charge on any atom is -0.549 e. The molecule has 2 fully saturated rings. The fourth-order valence-electron chi connectivity index (χ4n) is 5.68. The number of hydrogen-bond acceptors (Lipinski definition) is 13. The van der Waals surface area contributed by atoms with E-state index in [2.05, 4.69) is 0 Å². The molecule has 0 aliphatic heterocycles. The second-order valence-electron chi connectivity index (χ2n) is 9.18. The molecule has 0 bridgehead atoms. The minimum atomic E-state index is -1.49. The third-order valence-corrected chi connectivity index (χ3v) is 6.82. The van der Waals surface area contributed by atoms with E-state index in [1.165, 1.54) is 9.80 Å². The van der Waals surface area contributed by atoms with Gasteiger partial charge >= 0.3 is 39.9 Å². The summed E-state index contributed by atoms with van der Waals surface area (Å²) in [5.74, 6) is -7.40. The molecule has 2 rings (SSSR count). The van der Waals surface area contributed by atoms with Gasteiger partial charge in [0.25, 0.3) is 0 Å². The molecule has 0 spiro atoms. The minimum absolute atomic E-state index is 0. The molecule has 13 nitrogen and oxygen atoms in total. The van der Waals surface area contributed by atoms with Crippen molar-refractivity contribution in [3.63, 3.8) is 0 Å². The fourth-order valence-corrected chi connectivity index (χ4v) is 5.68. The van der Waals surface area contributed by atoms with Crippen molar-refractivity contribution in [3.8, 4) is 0 Å². The molecule has 0 aromatic carbocycles. The first-order chi connectivity index (χ1) is 16.5. The molecule has 0 aromatic heterocycles. The van der Waals surface area contributed by atoms with E-state index in [-0.39, 0.29) is 39.9 Å². The van der Waals surface area contributed by atoms with E-state index >= 15 is 0 Å². The van der Waals surface area contributed by atoms with E-state index in [0.29, 0.717) is 51.4 Å². The number of carbonyl (C=O) groups excluding carboxylic acids is 5. The van der Waals surface area contributed by atoms with Gasteiger partial charge in [-0.15, -0.1) is 0 Å². The maximum absolute atomic E-state index is 11.8. The number of rotatable bonds is 14. The third-order valence-electron chi connectivity index (χ3n) is 6.82. The molecule has 0 aromatic rings. The van der Waals surface area contributed by atoms with Gasteiger partial charge in [0.05, 0.1) is 29.8 Å². The summed E-state index contributed by atoms with van der Waals surface area (Å²) in [6, 6.07) is -2.51.